The first-order chi connectivity index (χ1) is 10.7. The van der Waals surface area contributed by atoms with Gasteiger partial charge in [0.15, 0.2) is 6.29 Å². The van der Waals surface area contributed by atoms with Crippen LogP contribution >= 0.6 is 0 Å². The van der Waals surface area contributed by atoms with Crippen LogP contribution in [0, 0.1) is 0 Å². The monoisotopic (exact) mass is 344 g/mol. The predicted octanol–water partition coefficient (Wildman–Crippen LogP) is -5.73. The maximum atomic E-state index is 9.90. The van der Waals surface area contributed by atoms with Crippen LogP contribution in [-0.2, 0) is 9.59 Å². The molecule has 0 aromatic heterocycles. The molecule has 138 valence electrons. The van der Waals surface area contributed by atoms with Crippen molar-refractivity contribution in [2.45, 2.75) is 49.1 Å². The number of carbonyl (C=O) groups is 2. The molecule has 0 amide bonds. The molecule has 7 atom stereocenters. The number of carbonyl (C=O) groups excluding carboxylic acids is 2. The van der Waals surface area contributed by atoms with Crippen molar-refractivity contribution in [1.82, 2.24) is 0 Å². The Kier molecular flexibility index (Phi) is 14.1. The average molecular weight is 344 g/mol. The van der Waals surface area contributed by atoms with Crippen LogP contribution in [0.25, 0.3) is 0 Å². The molecule has 0 rings (SSSR count). The summed E-state index contributed by atoms with van der Waals surface area (Å²) in [5.74, 6) is 0. The molecule has 0 aliphatic carbocycles. The quantitative estimate of drug-likeness (QED) is 0.170. The second-order valence-corrected chi connectivity index (χ2v) is 4.57. The topological polar surface area (TPSA) is 216 Å². The van der Waals surface area contributed by atoms with Crippen LogP contribution in [0.3, 0.4) is 0 Å². The molecule has 0 aliphatic heterocycles. The number of aliphatic hydroxyl groups is 9. The summed E-state index contributed by atoms with van der Waals surface area (Å²) in [4.78, 5) is 19.7. The summed E-state index contributed by atoms with van der Waals surface area (Å²) in [6.45, 7) is -1.40. The third kappa shape index (κ3) is 9.65. The fourth-order valence-corrected chi connectivity index (χ4v) is 1.22. The molecule has 0 saturated heterocycles. The molecule has 0 aliphatic rings. The smallest absolute Gasteiger partial charge is 0.151 e. The molecule has 0 fully saturated rings. The van der Waals surface area contributed by atoms with Crippen LogP contribution in [-0.4, -0.2) is 114 Å². The summed E-state index contributed by atoms with van der Waals surface area (Å²) < 4.78 is 0. The minimum atomic E-state index is -1.79. The summed E-state index contributed by atoms with van der Waals surface area (Å²) in [6, 6.07) is 0. The molecule has 23 heavy (non-hydrogen) atoms. The van der Waals surface area contributed by atoms with Crippen LogP contribution in [0.5, 0.6) is 0 Å². The van der Waals surface area contributed by atoms with E-state index in [1.54, 1.807) is 0 Å². The van der Waals surface area contributed by atoms with Crippen molar-refractivity contribution in [1.29, 1.82) is 0 Å². The van der Waals surface area contributed by atoms with Crippen molar-refractivity contribution in [3.8, 4) is 0 Å². The van der Waals surface area contributed by atoms with Crippen molar-refractivity contribution >= 4 is 12.6 Å². The second kappa shape index (κ2) is 13.4. The molecule has 9 N–H and O–H groups in total. The maximum absolute atomic E-state index is 9.90. The highest BCUT2D eigenvalue weighted by Gasteiger charge is 2.29. The Morgan fingerprint density at radius 3 is 1.43 bits per heavy atom. The number of rotatable bonds is 10. The minimum absolute atomic E-state index is 0.0258. The Balaban J connectivity index is 0. The van der Waals surface area contributed by atoms with Gasteiger partial charge in [0.2, 0.25) is 0 Å². The predicted molar refractivity (Wildman–Crippen MR) is 73.0 cm³/mol. The van der Waals surface area contributed by atoms with Crippen LogP contribution in [0.1, 0.15) is 6.42 Å². The largest absolute Gasteiger partial charge is 0.394 e. The van der Waals surface area contributed by atoms with Gasteiger partial charge >= 0.3 is 0 Å². The first-order valence-electron chi connectivity index (χ1n) is 6.54. The second-order valence-electron chi connectivity index (χ2n) is 4.57. The number of aldehydes is 2. The highest BCUT2D eigenvalue weighted by Crippen LogP contribution is 2.03. The van der Waals surface area contributed by atoms with E-state index in [-0.39, 0.29) is 12.7 Å². The molecule has 0 aromatic carbocycles. The van der Waals surface area contributed by atoms with Gasteiger partial charge in [0.05, 0.1) is 19.3 Å². The van der Waals surface area contributed by atoms with Crippen LogP contribution in [0.4, 0.5) is 0 Å². The highest BCUT2D eigenvalue weighted by atomic mass is 16.4. The van der Waals surface area contributed by atoms with E-state index < -0.39 is 55.9 Å². The first-order valence-corrected chi connectivity index (χ1v) is 6.54. The Morgan fingerprint density at radius 1 is 0.652 bits per heavy atom. The lowest BCUT2D eigenvalue weighted by atomic mass is 10.0. The number of aliphatic hydroxyl groups excluding tert-OH is 9. The Labute approximate surface area is 131 Å². The van der Waals surface area contributed by atoms with Crippen molar-refractivity contribution in [3.63, 3.8) is 0 Å². The van der Waals surface area contributed by atoms with Gasteiger partial charge in [-0.15, -0.1) is 0 Å². The van der Waals surface area contributed by atoms with Crippen LogP contribution in [0.2, 0.25) is 0 Å². The first kappa shape index (κ1) is 24.2. The third-order valence-electron chi connectivity index (χ3n) is 2.73. The summed E-state index contributed by atoms with van der Waals surface area (Å²) in [6.07, 6.45) is -10.8. The Bertz CT molecular complexity index is 313. The molecular formula is C12H24O11. The SMILES string of the molecule is O=CC(O)C(O)C(O)C(O)CO.O=CCC(O)C(O)C(O)CO. The summed E-state index contributed by atoms with van der Waals surface area (Å²) in [7, 11) is 0. The van der Waals surface area contributed by atoms with Gasteiger partial charge in [0, 0.05) is 6.42 Å². The zero-order valence-corrected chi connectivity index (χ0v) is 12.2. The van der Waals surface area contributed by atoms with Gasteiger partial charge in [0.1, 0.15) is 42.9 Å². The average Bonchev–Trinajstić information content (AvgIpc) is 2.58. The third-order valence-corrected chi connectivity index (χ3v) is 2.73. The van der Waals surface area contributed by atoms with Gasteiger partial charge in [-0.1, -0.05) is 0 Å². The Morgan fingerprint density at radius 2 is 1.09 bits per heavy atom. The molecule has 7 unspecified atom stereocenters. The van der Waals surface area contributed by atoms with E-state index in [0.29, 0.717) is 6.29 Å². The van der Waals surface area contributed by atoms with Gasteiger partial charge in [-0.05, 0) is 0 Å². The van der Waals surface area contributed by atoms with Gasteiger partial charge in [0.25, 0.3) is 0 Å². The lowest BCUT2D eigenvalue weighted by molar-refractivity contribution is -0.136. The normalized spacial score (nSPS) is 20.0. The lowest BCUT2D eigenvalue weighted by Gasteiger charge is -2.22. The standard InChI is InChI=1S/C6H12O6.C6H12O5/c7-1-3(9)5(11)6(12)4(10)2-8;7-2-1-4(9)6(11)5(10)3-8/h1,3-6,8-12H,2H2;2,4-6,8-11H,1,3H2. The fourth-order valence-electron chi connectivity index (χ4n) is 1.22. The Hall–Kier alpha value is -1.02. The van der Waals surface area contributed by atoms with E-state index in [1.807, 2.05) is 0 Å². The molecule has 0 saturated carbocycles. The van der Waals surface area contributed by atoms with Crippen molar-refractivity contribution < 1.29 is 55.5 Å². The molecule has 0 bridgehead atoms. The summed E-state index contributed by atoms with van der Waals surface area (Å²) in [5, 5.41) is 78.4. The van der Waals surface area contributed by atoms with E-state index >= 15 is 0 Å². The maximum Gasteiger partial charge on any atom is 0.151 e. The molecule has 11 heteroatoms. The zero-order chi connectivity index (χ0) is 18.6. The molecule has 0 aromatic rings. The molecule has 0 spiro atoms. The van der Waals surface area contributed by atoms with Gasteiger partial charge in [-0.2, -0.15) is 0 Å². The van der Waals surface area contributed by atoms with E-state index in [4.69, 9.17) is 46.0 Å². The highest BCUT2D eigenvalue weighted by molar-refractivity contribution is 5.56. The van der Waals surface area contributed by atoms with Gasteiger partial charge < -0.3 is 55.5 Å². The molecule has 0 radical (unpaired) electrons. The van der Waals surface area contributed by atoms with E-state index in [9.17, 15) is 9.59 Å². The minimum Gasteiger partial charge on any atom is -0.394 e. The number of hydrogen-bond acceptors (Lipinski definition) is 11. The zero-order valence-electron chi connectivity index (χ0n) is 12.2. The van der Waals surface area contributed by atoms with Crippen molar-refractivity contribution in [2.75, 3.05) is 13.2 Å². The van der Waals surface area contributed by atoms with E-state index in [0.717, 1.165) is 0 Å². The van der Waals surface area contributed by atoms with E-state index in [2.05, 4.69) is 0 Å². The van der Waals surface area contributed by atoms with Crippen LogP contribution < -0.4 is 0 Å². The lowest BCUT2D eigenvalue weighted by Crippen LogP contribution is -2.46. The van der Waals surface area contributed by atoms with E-state index in [1.165, 1.54) is 0 Å². The molecule has 0 heterocycles. The van der Waals surface area contributed by atoms with Gasteiger partial charge in [-0.3, -0.25) is 0 Å². The molecular weight excluding hydrogens is 320 g/mol. The molecule has 11 nitrogen and oxygen atoms in total. The summed E-state index contributed by atoms with van der Waals surface area (Å²) >= 11 is 0. The van der Waals surface area contributed by atoms with Crippen molar-refractivity contribution in [2.24, 2.45) is 0 Å². The summed E-state index contributed by atoms with van der Waals surface area (Å²) in [5.41, 5.74) is 0. The van der Waals surface area contributed by atoms with Crippen molar-refractivity contribution in [3.05, 3.63) is 0 Å². The van der Waals surface area contributed by atoms with Crippen LogP contribution in [0.15, 0.2) is 0 Å². The number of hydrogen-bond donors (Lipinski definition) is 9. The van der Waals surface area contributed by atoms with Gasteiger partial charge in [-0.25, -0.2) is 0 Å². The fraction of sp³-hybridized carbons (Fsp3) is 0.833.